The van der Waals surface area contributed by atoms with Gasteiger partial charge in [-0.3, -0.25) is 4.79 Å². The summed E-state index contributed by atoms with van der Waals surface area (Å²) in [6.45, 7) is 4.36. The van der Waals surface area contributed by atoms with Crippen molar-refractivity contribution >= 4 is 5.97 Å². The second kappa shape index (κ2) is 6.44. The van der Waals surface area contributed by atoms with Gasteiger partial charge < -0.3 is 9.84 Å². The Morgan fingerprint density at radius 2 is 1.81 bits per heavy atom. The molecule has 2 rings (SSSR count). The molecule has 110 valence electrons. The van der Waals surface area contributed by atoms with Crippen LogP contribution in [-0.4, -0.2) is 11.1 Å². The number of hydrogen-bond acceptors (Lipinski definition) is 2. The molecule has 0 aliphatic rings. The van der Waals surface area contributed by atoms with Crippen LogP contribution in [0.3, 0.4) is 0 Å². The van der Waals surface area contributed by atoms with Crippen molar-refractivity contribution in [3.8, 4) is 5.75 Å². The molecule has 0 unspecified atom stereocenters. The van der Waals surface area contributed by atoms with Crippen LogP contribution in [0.4, 0.5) is 0 Å². The second-order valence-corrected chi connectivity index (χ2v) is 5.76. The monoisotopic (exact) mass is 284 g/mol. The maximum atomic E-state index is 11.0. The van der Waals surface area contributed by atoms with E-state index in [-0.39, 0.29) is 6.42 Å². The molecule has 2 aromatic rings. The highest BCUT2D eigenvalue weighted by molar-refractivity contribution is 5.69. The fraction of sp³-hybridized carbons (Fsp3) is 0.278. The Morgan fingerprint density at radius 1 is 1.10 bits per heavy atom. The van der Waals surface area contributed by atoms with Crippen LogP contribution >= 0.6 is 0 Å². The van der Waals surface area contributed by atoms with E-state index >= 15 is 0 Å². The lowest BCUT2D eigenvalue weighted by Crippen LogP contribution is -2.21. The van der Waals surface area contributed by atoms with Gasteiger partial charge in [0.2, 0.25) is 0 Å². The fourth-order valence-electron chi connectivity index (χ4n) is 2.23. The first kappa shape index (κ1) is 15.1. The number of carboxylic acids is 1. The number of benzene rings is 2. The van der Waals surface area contributed by atoms with Crippen molar-refractivity contribution in [1.82, 2.24) is 0 Å². The zero-order valence-corrected chi connectivity index (χ0v) is 12.4. The summed E-state index contributed by atoms with van der Waals surface area (Å²) in [4.78, 5) is 11.0. The number of carboxylic acid groups (broad SMARTS) is 1. The van der Waals surface area contributed by atoms with E-state index in [2.05, 4.69) is 0 Å². The van der Waals surface area contributed by atoms with Crippen LogP contribution in [0.2, 0.25) is 0 Å². The summed E-state index contributed by atoms with van der Waals surface area (Å²) in [5.74, 6) is -0.0366. The van der Waals surface area contributed by atoms with Crippen LogP contribution in [0.5, 0.6) is 5.75 Å². The smallest absolute Gasteiger partial charge is 0.304 e. The normalized spacial score (nSPS) is 11.1. The molecular formula is C18H20O3. The van der Waals surface area contributed by atoms with E-state index in [1.807, 2.05) is 68.4 Å². The van der Waals surface area contributed by atoms with Gasteiger partial charge in [0.05, 0.1) is 6.42 Å². The van der Waals surface area contributed by atoms with E-state index in [1.54, 1.807) is 0 Å². The summed E-state index contributed by atoms with van der Waals surface area (Å²) in [6.07, 6.45) is 0.0924. The minimum absolute atomic E-state index is 0.0924. The van der Waals surface area contributed by atoms with Gasteiger partial charge in [-0.2, -0.15) is 0 Å². The summed E-state index contributed by atoms with van der Waals surface area (Å²) in [7, 11) is 0. The average Bonchev–Trinajstić information content (AvgIpc) is 2.45. The van der Waals surface area contributed by atoms with Gasteiger partial charge in [-0.15, -0.1) is 0 Å². The molecule has 0 amide bonds. The second-order valence-electron chi connectivity index (χ2n) is 5.76. The number of ether oxygens (including phenoxy) is 1. The third-order valence-corrected chi connectivity index (χ3v) is 3.46. The highest BCUT2D eigenvalue weighted by Gasteiger charge is 2.24. The van der Waals surface area contributed by atoms with Gasteiger partial charge >= 0.3 is 5.97 Å². The molecule has 3 nitrogen and oxygen atoms in total. The van der Waals surface area contributed by atoms with Crippen molar-refractivity contribution in [3.05, 3.63) is 65.7 Å². The Labute approximate surface area is 125 Å². The van der Waals surface area contributed by atoms with Crippen molar-refractivity contribution in [1.29, 1.82) is 0 Å². The Hall–Kier alpha value is -2.29. The molecule has 0 fully saturated rings. The van der Waals surface area contributed by atoms with Gasteiger partial charge in [0.15, 0.2) is 0 Å². The summed E-state index contributed by atoms with van der Waals surface area (Å²) in [5.41, 5.74) is 1.65. The van der Waals surface area contributed by atoms with E-state index in [0.717, 1.165) is 16.9 Å². The topological polar surface area (TPSA) is 46.5 Å². The standard InChI is InChI=1S/C18H20O3/c1-18(2,12-17(19)20)15-9-6-10-16(11-15)21-13-14-7-4-3-5-8-14/h3-11H,12-13H2,1-2H3,(H,19,20). The van der Waals surface area contributed by atoms with Gasteiger partial charge in [0, 0.05) is 5.41 Å². The maximum Gasteiger partial charge on any atom is 0.304 e. The molecule has 0 bridgehead atoms. The highest BCUT2D eigenvalue weighted by Crippen LogP contribution is 2.29. The predicted molar refractivity (Wildman–Crippen MR) is 82.5 cm³/mol. The first-order valence-corrected chi connectivity index (χ1v) is 6.96. The first-order chi connectivity index (χ1) is 9.97. The van der Waals surface area contributed by atoms with Gasteiger partial charge in [0.1, 0.15) is 12.4 Å². The molecule has 1 N–H and O–H groups in total. The van der Waals surface area contributed by atoms with Crippen LogP contribution < -0.4 is 4.74 Å². The summed E-state index contributed by atoms with van der Waals surface area (Å²) < 4.78 is 5.79. The van der Waals surface area contributed by atoms with E-state index < -0.39 is 11.4 Å². The van der Waals surface area contributed by atoms with Crippen molar-refractivity contribution < 1.29 is 14.6 Å². The Bertz CT molecular complexity index is 603. The van der Waals surface area contributed by atoms with E-state index in [0.29, 0.717) is 6.61 Å². The lowest BCUT2D eigenvalue weighted by molar-refractivity contribution is -0.138. The zero-order valence-electron chi connectivity index (χ0n) is 12.4. The molecule has 0 radical (unpaired) electrons. The predicted octanol–water partition coefficient (Wildman–Crippen LogP) is 4.02. The molecule has 0 saturated heterocycles. The van der Waals surface area contributed by atoms with E-state index in [1.165, 1.54) is 0 Å². The van der Waals surface area contributed by atoms with Crippen molar-refractivity contribution in [2.45, 2.75) is 32.3 Å². The maximum absolute atomic E-state index is 11.0. The van der Waals surface area contributed by atoms with Crippen molar-refractivity contribution in [2.24, 2.45) is 0 Å². The third-order valence-electron chi connectivity index (χ3n) is 3.46. The molecule has 0 aromatic heterocycles. The van der Waals surface area contributed by atoms with E-state index in [4.69, 9.17) is 9.84 Å². The summed E-state index contributed by atoms with van der Waals surface area (Å²) in [5, 5.41) is 9.00. The molecule has 0 atom stereocenters. The van der Waals surface area contributed by atoms with Crippen molar-refractivity contribution in [2.75, 3.05) is 0 Å². The largest absolute Gasteiger partial charge is 0.489 e. The van der Waals surface area contributed by atoms with Gasteiger partial charge in [-0.1, -0.05) is 56.3 Å². The lowest BCUT2D eigenvalue weighted by Gasteiger charge is -2.23. The minimum Gasteiger partial charge on any atom is -0.489 e. The molecule has 0 heterocycles. The summed E-state index contributed by atoms with van der Waals surface area (Å²) >= 11 is 0. The van der Waals surface area contributed by atoms with Crippen LogP contribution in [0.25, 0.3) is 0 Å². The Morgan fingerprint density at radius 3 is 2.48 bits per heavy atom. The molecule has 0 spiro atoms. The number of carbonyl (C=O) groups is 1. The zero-order chi connectivity index (χ0) is 15.3. The number of hydrogen-bond donors (Lipinski definition) is 1. The highest BCUT2D eigenvalue weighted by atomic mass is 16.5. The lowest BCUT2D eigenvalue weighted by atomic mass is 9.81. The molecule has 0 saturated carbocycles. The first-order valence-electron chi connectivity index (χ1n) is 6.96. The van der Waals surface area contributed by atoms with Crippen LogP contribution in [0.15, 0.2) is 54.6 Å². The average molecular weight is 284 g/mol. The van der Waals surface area contributed by atoms with Crippen LogP contribution in [-0.2, 0) is 16.8 Å². The number of rotatable bonds is 6. The van der Waals surface area contributed by atoms with Crippen molar-refractivity contribution in [3.63, 3.8) is 0 Å². The molecular weight excluding hydrogens is 264 g/mol. The Kier molecular flexibility index (Phi) is 4.63. The fourth-order valence-corrected chi connectivity index (χ4v) is 2.23. The molecule has 0 aliphatic heterocycles. The molecule has 3 heteroatoms. The summed E-state index contributed by atoms with van der Waals surface area (Å²) in [6, 6.07) is 17.6. The van der Waals surface area contributed by atoms with Gasteiger partial charge in [0.25, 0.3) is 0 Å². The number of aliphatic carboxylic acids is 1. The molecule has 0 aliphatic carbocycles. The van der Waals surface area contributed by atoms with Crippen LogP contribution in [0.1, 0.15) is 31.4 Å². The minimum atomic E-state index is -0.796. The van der Waals surface area contributed by atoms with Crippen LogP contribution in [0, 0.1) is 0 Å². The van der Waals surface area contributed by atoms with E-state index in [9.17, 15) is 4.79 Å². The van der Waals surface area contributed by atoms with Gasteiger partial charge in [-0.25, -0.2) is 0 Å². The third kappa shape index (κ3) is 4.35. The Balaban J connectivity index is 2.09. The van der Waals surface area contributed by atoms with Gasteiger partial charge in [-0.05, 0) is 23.3 Å². The molecule has 2 aromatic carbocycles. The molecule has 21 heavy (non-hydrogen) atoms. The quantitative estimate of drug-likeness (QED) is 0.871. The SMILES string of the molecule is CC(C)(CC(=O)O)c1cccc(OCc2ccccc2)c1.